The lowest BCUT2D eigenvalue weighted by molar-refractivity contribution is -0.705. The highest BCUT2D eigenvalue weighted by Crippen LogP contribution is 2.30. The lowest BCUT2D eigenvalue weighted by Gasteiger charge is -2.26. The Bertz CT molecular complexity index is 1010. The third kappa shape index (κ3) is 2.89. The van der Waals surface area contributed by atoms with Crippen LogP contribution < -0.4 is 20.5 Å². The second kappa shape index (κ2) is 7.00. The lowest BCUT2D eigenvalue weighted by Crippen LogP contribution is -2.51. The molecule has 28 heavy (non-hydrogen) atoms. The average molecular weight is 371 g/mol. The number of aromatic nitrogens is 1. The summed E-state index contributed by atoms with van der Waals surface area (Å²) in [7, 11) is 0. The number of carbonyl (C=O) groups is 1. The van der Waals surface area contributed by atoms with Crippen molar-refractivity contribution < 1.29 is 9.36 Å². The summed E-state index contributed by atoms with van der Waals surface area (Å²) in [5, 5.41) is 9.78. The first-order valence-corrected chi connectivity index (χ1v) is 9.80. The molecule has 5 nitrogen and oxygen atoms in total. The molecule has 1 aliphatic carbocycles. The molecule has 1 aromatic heterocycles. The Morgan fingerprint density at radius 3 is 2.79 bits per heavy atom. The zero-order chi connectivity index (χ0) is 18.9. The quantitative estimate of drug-likeness (QED) is 0.712. The first-order valence-electron chi connectivity index (χ1n) is 9.80. The van der Waals surface area contributed by atoms with Gasteiger partial charge in [0.1, 0.15) is 5.70 Å². The van der Waals surface area contributed by atoms with Crippen LogP contribution in [-0.2, 0) is 11.2 Å². The largest absolute Gasteiger partial charge is 0.368 e. The van der Waals surface area contributed by atoms with E-state index in [1.54, 1.807) is 0 Å². The second-order valence-corrected chi connectivity index (χ2v) is 7.36. The number of nitrogens with zero attached hydrogens (tertiary/aromatic N) is 1. The van der Waals surface area contributed by atoms with Gasteiger partial charge in [0.15, 0.2) is 6.20 Å². The predicted molar refractivity (Wildman–Crippen MR) is 107 cm³/mol. The fourth-order valence-corrected chi connectivity index (χ4v) is 4.30. The third-order valence-electron chi connectivity index (χ3n) is 5.65. The Morgan fingerprint density at radius 1 is 1.07 bits per heavy atom. The van der Waals surface area contributed by atoms with Gasteiger partial charge >= 0.3 is 12.1 Å². The van der Waals surface area contributed by atoms with Gasteiger partial charge in [0, 0.05) is 30.1 Å². The second-order valence-electron chi connectivity index (χ2n) is 7.36. The van der Waals surface area contributed by atoms with E-state index in [9.17, 15) is 4.79 Å². The fourth-order valence-electron chi connectivity index (χ4n) is 4.30. The van der Waals surface area contributed by atoms with Crippen LogP contribution in [0.4, 0.5) is 0 Å². The van der Waals surface area contributed by atoms with E-state index in [4.69, 9.17) is 0 Å². The molecule has 3 N–H and O–H groups in total. The van der Waals surface area contributed by atoms with Gasteiger partial charge in [0.25, 0.3) is 0 Å². The molecule has 2 atom stereocenters. The van der Waals surface area contributed by atoms with E-state index in [0.717, 1.165) is 36.2 Å². The molecule has 0 bridgehead atoms. The Balaban J connectivity index is 1.44. The van der Waals surface area contributed by atoms with Crippen LogP contribution in [0.5, 0.6) is 0 Å². The number of fused-ring (bicyclic) bond motifs is 2. The van der Waals surface area contributed by atoms with Gasteiger partial charge in [-0.15, -0.1) is 0 Å². The highest BCUT2D eigenvalue weighted by atomic mass is 16.2. The van der Waals surface area contributed by atoms with Gasteiger partial charge in [0.2, 0.25) is 5.69 Å². The molecule has 1 amide bonds. The van der Waals surface area contributed by atoms with Crippen molar-refractivity contribution in [3.8, 4) is 0 Å². The summed E-state index contributed by atoms with van der Waals surface area (Å²) >= 11 is 0. The number of nitrogens with one attached hydrogen (secondary N) is 3. The van der Waals surface area contributed by atoms with Crippen LogP contribution in [0.25, 0.3) is 5.70 Å². The Hall–Kier alpha value is -3.34. The van der Waals surface area contributed by atoms with Crippen LogP contribution in [0.3, 0.4) is 0 Å². The standard InChI is InChI=1S/C23H22N4O/c28-23(25-19-9-5-7-16-6-1-2-8-18(16)19)22-26-21(17-11-13-24-14-12-17)20-10-3-4-15-27(20)22/h1-4,6,8,10-15,19,22,26H,5,7,9H2,(H,25,28)/p+1. The normalized spacial score (nSPS) is 22.1. The molecule has 2 aromatic rings. The van der Waals surface area contributed by atoms with Crippen LogP contribution in [-0.4, -0.2) is 5.91 Å². The number of carbonyl (C=O) groups excluding carboxylic acids is 1. The number of rotatable bonds is 2. The number of hydrogen-bond donors (Lipinski definition) is 3. The number of dihydropyridines is 1. The first-order chi connectivity index (χ1) is 13.8. The Kier molecular flexibility index (Phi) is 4.20. The molecule has 5 rings (SSSR count). The number of hydrogen-bond acceptors (Lipinski definition) is 3. The van der Waals surface area contributed by atoms with Crippen LogP contribution in [0.15, 0.2) is 78.8 Å². The van der Waals surface area contributed by atoms with Crippen LogP contribution in [0.2, 0.25) is 0 Å². The van der Waals surface area contributed by atoms with E-state index in [0.29, 0.717) is 0 Å². The monoisotopic (exact) mass is 371 g/mol. The average Bonchev–Trinajstić information content (AvgIpc) is 3.15. The number of pyridine rings is 1. The fraction of sp³-hybridized carbons (Fsp3) is 0.217. The number of benzene rings is 1. The van der Waals surface area contributed by atoms with E-state index >= 15 is 0 Å². The third-order valence-corrected chi connectivity index (χ3v) is 5.65. The molecule has 2 aliphatic heterocycles. The molecule has 3 heterocycles. The first kappa shape index (κ1) is 16.8. The molecule has 0 spiro atoms. The number of amides is 1. The minimum atomic E-state index is -0.454. The number of allylic oxidation sites excluding steroid dienone is 3. The molecule has 0 saturated carbocycles. The van der Waals surface area contributed by atoms with Crippen molar-refractivity contribution in [2.75, 3.05) is 0 Å². The lowest BCUT2D eigenvalue weighted by atomic mass is 9.87. The van der Waals surface area contributed by atoms with Crippen molar-refractivity contribution in [2.45, 2.75) is 31.5 Å². The number of aryl methyl sites for hydroxylation is 1. The zero-order valence-corrected chi connectivity index (χ0v) is 15.6. The molecule has 0 fully saturated rings. The summed E-state index contributed by atoms with van der Waals surface area (Å²) < 4.78 is 2.01. The van der Waals surface area contributed by atoms with E-state index in [2.05, 4.69) is 40.2 Å². The molecule has 1 aromatic carbocycles. The molecular formula is C23H23N4O+. The van der Waals surface area contributed by atoms with Gasteiger partial charge in [-0.25, -0.2) is 0 Å². The summed E-state index contributed by atoms with van der Waals surface area (Å²) in [5.41, 5.74) is 5.63. The summed E-state index contributed by atoms with van der Waals surface area (Å²) in [6.07, 6.45) is 12.5. The molecule has 5 heteroatoms. The van der Waals surface area contributed by atoms with Gasteiger partial charge in [-0.2, -0.15) is 4.57 Å². The predicted octanol–water partition coefficient (Wildman–Crippen LogP) is 2.61. The van der Waals surface area contributed by atoms with Crippen molar-refractivity contribution in [1.82, 2.24) is 16.0 Å². The van der Waals surface area contributed by atoms with Crippen LogP contribution in [0, 0.1) is 0 Å². The van der Waals surface area contributed by atoms with E-state index in [1.165, 1.54) is 11.1 Å². The topological polar surface area (TPSA) is 57.0 Å². The molecule has 0 radical (unpaired) electrons. The van der Waals surface area contributed by atoms with Gasteiger partial charge in [-0.3, -0.25) is 4.79 Å². The molecule has 0 saturated heterocycles. The summed E-state index contributed by atoms with van der Waals surface area (Å²) in [6, 6.07) is 14.5. The Labute approximate surface area is 164 Å². The Morgan fingerprint density at radius 2 is 1.89 bits per heavy atom. The van der Waals surface area contributed by atoms with Crippen molar-refractivity contribution >= 4 is 11.6 Å². The molecule has 140 valence electrons. The van der Waals surface area contributed by atoms with E-state index < -0.39 is 6.17 Å². The minimum Gasteiger partial charge on any atom is -0.368 e. The van der Waals surface area contributed by atoms with Crippen molar-refractivity contribution in [3.63, 3.8) is 0 Å². The summed E-state index contributed by atoms with van der Waals surface area (Å²) in [4.78, 5) is 13.2. The maximum Gasteiger partial charge on any atom is 0.312 e. The maximum absolute atomic E-state index is 13.2. The van der Waals surface area contributed by atoms with Gasteiger partial charge < -0.3 is 16.0 Å². The van der Waals surface area contributed by atoms with Crippen LogP contribution in [0.1, 0.15) is 41.9 Å². The van der Waals surface area contributed by atoms with E-state index in [-0.39, 0.29) is 11.9 Å². The highest BCUT2D eigenvalue weighted by molar-refractivity contribution is 5.83. The summed E-state index contributed by atoms with van der Waals surface area (Å²) in [5.74, 6) is -0.00310. The van der Waals surface area contributed by atoms with Crippen molar-refractivity contribution in [2.24, 2.45) is 0 Å². The van der Waals surface area contributed by atoms with Crippen molar-refractivity contribution in [1.29, 1.82) is 0 Å². The van der Waals surface area contributed by atoms with Gasteiger partial charge in [-0.05, 0) is 48.6 Å². The zero-order valence-electron chi connectivity index (χ0n) is 15.6. The highest BCUT2D eigenvalue weighted by Gasteiger charge is 2.40. The molecule has 3 aliphatic rings. The SMILES string of the molecule is O=C(NC1CCCc2ccccc21)C1NC(=C2C=CNC=C2)c2cccc[n+]21. The smallest absolute Gasteiger partial charge is 0.312 e. The van der Waals surface area contributed by atoms with Gasteiger partial charge in [-0.1, -0.05) is 24.3 Å². The van der Waals surface area contributed by atoms with Crippen LogP contribution >= 0.6 is 0 Å². The van der Waals surface area contributed by atoms with Gasteiger partial charge in [0.05, 0.1) is 6.04 Å². The molecular weight excluding hydrogens is 348 g/mol. The minimum absolute atomic E-state index is 0.00310. The molecule has 2 unspecified atom stereocenters. The summed E-state index contributed by atoms with van der Waals surface area (Å²) in [6.45, 7) is 0. The van der Waals surface area contributed by atoms with Crippen molar-refractivity contribution in [3.05, 3.63) is 95.6 Å². The van der Waals surface area contributed by atoms with E-state index in [1.807, 2.05) is 53.5 Å². The maximum atomic E-state index is 13.2.